The molecule has 2 N–H and O–H groups in total. The predicted octanol–water partition coefficient (Wildman–Crippen LogP) is 3.36. The second kappa shape index (κ2) is 9.33. The van der Waals surface area contributed by atoms with Gasteiger partial charge in [0.25, 0.3) is 0 Å². The van der Waals surface area contributed by atoms with Crippen LogP contribution in [0.5, 0.6) is 5.75 Å². The van der Waals surface area contributed by atoms with Gasteiger partial charge in [-0.1, -0.05) is 6.92 Å². The highest BCUT2D eigenvalue weighted by Crippen LogP contribution is 2.33. The number of ether oxygens (including phenoxy) is 2. The summed E-state index contributed by atoms with van der Waals surface area (Å²) in [5.74, 6) is 0.749. The molecule has 0 bridgehead atoms. The van der Waals surface area contributed by atoms with Crippen LogP contribution in [0, 0.1) is 0 Å². The molecule has 1 aromatic carbocycles. The number of anilines is 2. The van der Waals surface area contributed by atoms with Gasteiger partial charge in [-0.2, -0.15) is 0 Å². The van der Waals surface area contributed by atoms with Gasteiger partial charge in [-0.25, -0.2) is 4.79 Å². The lowest BCUT2D eigenvalue weighted by Crippen LogP contribution is -2.54. The van der Waals surface area contributed by atoms with Crippen molar-refractivity contribution in [2.45, 2.75) is 58.6 Å². The summed E-state index contributed by atoms with van der Waals surface area (Å²) in [5.41, 5.74) is 8.88. The Balaban J connectivity index is 1.54. The molecule has 2 heterocycles. The molecule has 7 heteroatoms. The molecule has 2 fully saturated rings. The molecule has 2 aliphatic heterocycles. The fourth-order valence-corrected chi connectivity index (χ4v) is 4.46. The van der Waals surface area contributed by atoms with Crippen molar-refractivity contribution in [2.75, 3.05) is 57.0 Å². The largest absolute Gasteiger partial charge is 0.495 e. The smallest absolute Gasteiger partial charge is 0.410 e. The Hall–Kier alpha value is -2.15. The Bertz CT molecular complexity index is 731. The van der Waals surface area contributed by atoms with Gasteiger partial charge in [0, 0.05) is 57.1 Å². The second-order valence-corrected chi connectivity index (χ2v) is 9.30. The van der Waals surface area contributed by atoms with Gasteiger partial charge in [-0.15, -0.1) is 0 Å². The molecule has 3 rings (SSSR count). The van der Waals surface area contributed by atoms with Crippen LogP contribution in [0.4, 0.5) is 16.2 Å². The van der Waals surface area contributed by atoms with Gasteiger partial charge in [-0.05, 0) is 51.7 Å². The van der Waals surface area contributed by atoms with Crippen LogP contribution in [0.25, 0.3) is 0 Å². The van der Waals surface area contributed by atoms with Crippen LogP contribution in [0.1, 0.15) is 46.1 Å². The number of carbonyl (C=O) groups is 1. The molecule has 30 heavy (non-hydrogen) atoms. The molecule has 0 radical (unpaired) electrons. The van der Waals surface area contributed by atoms with Gasteiger partial charge in [0.2, 0.25) is 0 Å². The third kappa shape index (κ3) is 5.31. The first-order valence-corrected chi connectivity index (χ1v) is 11.1. The van der Waals surface area contributed by atoms with Crippen molar-refractivity contribution >= 4 is 17.5 Å². The Morgan fingerprint density at radius 3 is 2.27 bits per heavy atom. The van der Waals surface area contributed by atoms with Crippen LogP contribution in [-0.4, -0.2) is 73.9 Å². The van der Waals surface area contributed by atoms with Crippen LogP contribution in [0.2, 0.25) is 0 Å². The van der Waals surface area contributed by atoms with E-state index in [1.165, 1.54) is 11.3 Å². The zero-order valence-corrected chi connectivity index (χ0v) is 19.2. The number of carbonyl (C=O) groups excluding carboxylic acids is 1. The molecule has 0 spiro atoms. The summed E-state index contributed by atoms with van der Waals surface area (Å²) in [6.07, 6.45) is 2.78. The Morgan fingerprint density at radius 1 is 1.10 bits per heavy atom. The Labute approximate surface area is 181 Å². The summed E-state index contributed by atoms with van der Waals surface area (Å²) in [6.45, 7) is 13.5. The summed E-state index contributed by atoms with van der Waals surface area (Å²) in [5, 5.41) is 0. The van der Waals surface area contributed by atoms with Gasteiger partial charge in [0.1, 0.15) is 11.4 Å². The Morgan fingerprint density at radius 2 is 1.73 bits per heavy atom. The van der Waals surface area contributed by atoms with E-state index in [0.717, 1.165) is 64.3 Å². The quantitative estimate of drug-likeness (QED) is 0.756. The van der Waals surface area contributed by atoms with E-state index >= 15 is 0 Å². The average molecular weight is 419 g/mol. The first-order valence-electron chi connectivity index (χ1n) is 11.1. The lowest BCUT2D eigenvalue weighted by atomic mass is 10.0. The van der Waals surface area contributed by atoms with Crippen molar-refractivity contribution in [1.82, 2.24) is 9.80 Å². The summed E-state index contributed by atoms with van der Waals surface area (Å²) < 4.78 is 11.0. The molecule has 1 amide bonds. The predicted molar refractivity (Wildman–Crippen MR) is 121 cm³/mol. The number of aryl methyl sites for hydroxylation is 1. The van der Waals surface area contributed by atoms with E-state index < -0.39 is 5.60 Å². The summed E-state index contributed by atoms with van der Waals surface area (Å²) in [4.78, 5) is 19.2. The number of nitrogens with zero attached hydrogens (tertiary/aromatic N) is 3. The number of methoxy groups -OCH3 is 1. The summed E-state index contributed by atoms with van der Waals surface area (Å²) in [6, 6.07) is 4.67. The van der Waals surface area contributed by atoms with Crippen molar-refractivity contribution in [2.24, 2.45) is 0 Å². The molecule has 0 saturated carbocycles. The Kier molecular flexibility index (Phi) is 7.01. The van der Waals surface area contributed by atoms with Crippen LogP contribution in [-0.2, 0) is 11.2 Å². The molecular formula is C23H38N4O3. The number of nitrogens with two attached hydrogens (primary N) is 1. The number of rotatable bonds is 4. The van der Waals surface area contributed by atoms with E-state index in [2.05, 4.69) is 22.8 Å². The van der Waals surface area contributed by atoms with E-state index in [1.54, 1.807) is 7.11 Å². The lowest BCUT2D eigenvalue weighted by Gasteiger charge is -2.43. The van der Waals surface area contributed by atoms with Crippen molar-refractivity contribution in [3.8, 4) is 5.75 Å². The molecule has 0 atom stereocenters. The number of hydrogen-bond acceptors (Lipinski definition) is 6. The van der Waals surface area contributed by atoms with Gasteiger partial charge in [-0.3, -0.25) is 4.90 Å². The molecule has 2 aliphatic rings. The zero-order valence-electron chi connectivity index (χ0n) is 19.2. The minimum atomic E-state index is -0.438. The lowest BCUT2D eigenvalue weighted by molar-refractivity contribution is 0.0140. The SMILES string of the molecule is CCc1cc(N)c(OC)cc1N1CCN(C2CCN(C(=O)OC(C)(C)C)CC2)CC1. The number of piperazine rings is 1. The molecule has 0 aliphatic carbocycles. The van der Waals surface area contributed by atoms with E-state index in [9.17, 15) is 4.79 Å². The number of hydrogen-bond donors (Lipinski definition) is 1. The normalized spacial score (nSPS) is 19.1. The fourth-order valence-electron chi connectivity index (χ4n) is 4.46. The van der Waals surface area contributed by atoms with E-state index in [4.69, 9.17) is 15.2 Å². The second-order valence-electron chi connectivity index (χ2n) is 9.30. The number of likely N-dealkylation sites (tertiary alicyclic amines) is 1. The molecule has 0 aromatic heterocycles. The van der Waals surface area contributed by atoms with Crippen molar-refractivity contribution in [3.63, 3.8) is 0 Å². The maximum Gasteiger partial charge on any atom is 0.410 e. The van der Waals surface area contributed by atoms with E-state index in [1.807, 2.05) is 31.7 Å². The third-order valence-electron chi connectivity index (χ3n) is 6.10. The highest BCUT2D eigenvalue weighted by molar-refractivity contribution is 5.68. The van der Waals surface area contributed by atoms with Crippen LogP contribution in [0.3, 0.4) is 0 Å². The minimum absolute atomic E-state index is 0.185. The van der Waals surface area contributed by atoms with Gasteiger partial charge in [0.05, 0.1) is 12.8 Å². The van der Waals surface area contributed by atoms with Crippen LogP contribution < -0.4 is 15.4 Å². The van der Waals surface area contributed by atoms with Crippen LogP contribution >= 0.6 is 0 Å². The van der Waals surface area contributed by atoms with Crippen molar-refractivity contribution in [1.29, 1.82) is 0 Å². The number of nitrogen functional groups attached to an aromatic ring is 1. The highest BCUT2D eigenvalue weighted by atomic mass is 16.6. The third-order valence-corrected chi connectivity index (χ3v) is 6.10. The summed E-state index contributed by atoms with van der Waals surface area (Å²) in [7, 11) is 1.67. The van der Waals surface area contributed by atoms with E-state index in [-0.39, 0.29) is 6.09 Å². The van der Waals surface area contributed by atoms with E-state index in [0.29, 0.717) is 11.7 Å². The van der Waals surface area contributed by atoms with Gasteiger partial charge < -0.3 is 25.0 Å². The van der Waals surface area contributed by atoms with Gasteiger partial charge >= 0.3 is 6.09 Å². The molecule has 1 aromatic rings. The monoisotopic (exact) mass is 418 g/mol. The topological polar surface area (TPSA) is 71.3 Å². The fraction of sp³-hybridized carbons (Fsp3) is 0.696. The van der Waals surface area contributed by atoms with Gasteiger partial charge in [0.15, 0.2) is 0 Å². The highest BCUT2D eigenvalue weighted by Gasteiger charge is 2.31. The first kappa shape index (κ1) is 22.5. The first-order chi connectivity index (χ1) is 14.2. The molecule has 168 valence electrons. The number of benzene rings is 1. The molecule has 7 nitrogen and oxygen atoms in total. The zero-order chi connectivity index (χ0) is 21.9. The summed E-state index contributed by atoms with van der Waals surface area (Å²) >= 11 is 0. The molecular weight excluding hydrogens is 380 g/mol. The van der Waals surface area contributed by atoms with Crippen LogP contribution in [0.15, 0.2) is 12.1 Å². The minimum Gasteiger partial charge on any atom is -0.495 e. The van der Waals surface area contributed by atoms with Crippen molar-refractivity contribution in [3.05, 3.63) is 17.7 Å². The maximum absolute atomic E-state index is 12.3. The van der Waals surface area contributed by atoms with Crippen molar-refractivity contribution < 1.29 is 14.3 Å². The average Bonchev–Trinajstić information content (AvgIpc) is 2.72. The number of amides is 1. The maximum atomic E-state index is 12.3. The standard InChI is InChI=1S/C23H38N4O3/c1-6-17-15-19(24)21(29-5)16-20(17)26-13-11-25(12-14-26)18-7-9-27(10-8-18)22(28)30-23(2,3)4/h15-16,18H,6-14,24H2,1-5H3. The molecule has 0 unspecified atom stereocenters. The number of piperidine rings is 1. The molecule has 2 saturated heterocycles.